The molecule has 1 aromatic heterocycles. The van der Waals surface area contributed by atoms with Gasteiger partial charge in [0.15, 0.2) is 30.0 Å². The summed E-state index contributed by atoms with van der Waals surface area (Å²) >= 11 is 0. The van der Waals surface area contributed by atoms with Crippen molar-refractivity contribution in [1.82, 2.24) is 15.5 Å². The monoisotopic (exact) mass is 566 g/mol. The smallest absolute Gasteiger partial charge is 0.338 e. The van der Waals surface area contributed by atoms with Crippen LogP contribution < -0.4 is 26.8 Å². The number of nitrogens with one attached hydrogen (secondary N) is 4. The number of carbonyl (C=O) groups excluding carboxylic acids is 3. The molecule has 5 rings (SSSR count). The number of fused-ring (bicyclic) bond motifs is 1. The number of nitrogens with zero attached hydrogens (tertiary/aromatic N) is 2. The Morgan fingerprint density at radius 2 is 1.68 bits per heavy atom. The minimum absolute atomic E-state index is 0.0429. The third-order valence-corrected chi connectivity index (χ3v) is 6.36. The largest absolute Gasteiger partial charge is 0.459 e. The number of hydrogen-bond acceptors (Lipinski definition) is 11. The molecule has 0 radical (unpaired) electrons. The van der Waals surface area contributed by atoms with Gasteiger partial charge in [-0.25, -0.2) is 19.0 Å². The number of hydrogen-bond donors (Lipinski definition) is 4. The first kappa shape index (κ1) is 27.7. The zero-order valence-electron chi connectivity index (χ0n) is 22.0. The Bertz CT molecular complexity index is 1490. The van der Waals surface area contributed by atoms with E-state index in [1.54, 1.807) is 62.4 Å². The molecule has 4 N–H and O–H groups in total. The van der Waals surface area contributed by atoms with Crippen LogP contribution in [0.2, 0.25) is 0 Å². The number of alkyl halides is 1. The molecule has 0 aliphatic carbocycles. The van der Waals surface area contributed by atoms with Crippen molar-refractivity contribution < 1.29 is 33.0 Å². The van der Waals surface area contributed by atoms with E-state index >= 15 is 4.39 Å². The van der Waals surface area contributed by atoms with E-state index in [9.17, 15) is 19.2 Å². The molecular weight excluding hydrogens is 539 g/mol. The van der Waals surface area contributed by atoms with Crippen molar-refractivity contribution in [2.24, 2.45) is 5.92 Å². The number of aromatic amines is 1. The van der Waals surface area contributed by atoms with Gasteiger partial charge in [0.1, 0.15) is 12.7 Å². The fourth-order valence-corrected chi connectivity index (χ4v) is 4.17. The van der Waals surface area contributed by atoms with Gasteiger partial charge in [-0.2, -0.15) is 4.98 Å². The van der Waals surface area contributed by atoms with Gasteiger partial charge in [-0.05, 0) is 24.3 Å². The second kappa shape index (κ2) is 11.7. The maximum atomic E-state index is 15.9. The van der Waals surface area contributed by atoms with Crippen LogP contribution in [0.1, 0.15) is 34.6 Å². The van der Waals surface area contributed by atoms with E-state index < -0.39 is 60.5 Å². The predicted octanol–water partition coefficient (Wildman–Crippen LogP) is 2.16. The number of aromatic nitrogens is 2. The highest BCUT2D eigenvalue weighted by molar-refractivity contribution is 5.91. The molecule has 214 valence electrons. The van der Waals surface area contributed by atoms with Crippen LogP contribution >= 0.6 is 0 Å². The first-order valence-electron chi connectivity index (χ1n) is 12.8. The molecule has 0 unspecified atom stereocenters. The number of hydrazine groups is 2. The topological polar surface area (TPSA) is 164 Å². The Hall–Kier alpha value is -4.82. The number of benzene rings is 2. The summed E-state index contributed by atoms with van der Waals surface area (Å²) in [6.07, 6.45) is -6.19. The van der Waals surface area contributed by atoms with E-state index in [4.69, 9.17) is 14.2 Å². The lowest BCUT2D eigenvalue weighted by atomic mass is 10.1. The lowest BCUT2D eigenvalue weighted by Gasteiger charge is -2.28. The van der Waals surface area contributed by atoms with Crippen molar-refractivity contribution in [3.63, 3.8) is 0 Å². The highest BCUT2D eigenvalue weighted by Crippen LogP contribution is 2.35. The molecule has 4 atom stereocenters. The molecule has 13 nitrogen and oxygen atoms in total. The number of halogens is 1. The zero-order valence-corrected chi connectivity index (χ0v) is 22.0. The molecule has 14 heteroatoms. The number of esters is 2. The summed E-state index contributed by atoms with van der Waals surface area (Å²) in [4.78, 5) is 57.0. The molecule has 1 amide bonds. The van der Waals surface area contributed by atoms with Crippen LogP contribution in [0.15, 0.2) is 65.5 Å². The molecule has 2 aromatic carbocycles. The van der Waals surface area contributed by atoms with E-state index in [-0.39, 0.29) is 28.6 Å². The predicted molar refractivity (Wildman–Crippen MR) is 143 cm³/mol. The van der Waals surface area contributed by atoms with Crippen molar-refractivity contribution in [2.45, 2.75) is 38.5 Å². The van der Waals surface area contributed by atoms with Gasteiger partial charge in [0.25, 0.3) is 5.56 Å². The van der Waals surface area contributed by atoms with Gasteiger partial charge in [-0.3, -0.25) is 25.3 Å². The van der Waals surface area contributed by atoms with Crippen LogP contribution in [0.25, 0.3) is 0 Å². The second-order valence-electron chi connectivity index (χ2n) is 9.57. The molecule has 3 aromatic rings. The van der Waals surface area contributed by atoms with Gasteiger partial charge in [-0.1, -0.05) is 50.2 Å². The quantitative estimate of drug-likeness (QED) is 0.295. The minimum Gasteiger partial charge on any atom is -0.459 e. The lowest BCUT2D eigenvalue weighted by Crippen LogP contribution is -2.51. The number of carbonyl (C=O) groups is 3. The SMILES string of the molecule is CC(C)C(=O)Nc1nc2c(c(=O)[nH]1)NNN2[C@@H]1O[C@H](COC(=O)c2ccccc2)[C@@H](F)[C@H]1OC(=O)c1ccccc1. The van der Waals surface area contributed by atoms with Crippen molar-refractivity contribution >= 4 is 35.3 Å². The van der Waals surface area contributed by atoms with Crippen LogP contribution in [0.4, 0.5) is 21.8 Å². The number of H-pyrrole nitrogens is 1. The molecule has 1 saturated heterocycles. The van der Waals surface area contributed by atoms with Crippen LogP contribution in [0, 0.1) is 5.92 Å². The van der Waals surface area contributed by atoms with E-state index in [0.29, 0.717) is 0 Å². The maximum absolute atomic E-state index is 15.9. The molecule has 0 saturated carbocycles. The highest BCUT2D eigenvalue weighted by atomic mass is 19.1. The summed E-state index contributed by atoms with van der Waals surface area (Å²) < 4.78 is 32.6. The summed E-state index contributed by atoms with van der Waals surface area (Å²) in [5.41, 5.74) is 5.08. The Labute approximate surface area is 232 Å². The Morgan fingerprint density at radius 3 is 2.32 bits per heavy atom. The van der Waals surface area contributed by atoms with Gasteiger partial charge in [0, 0.05) is 5.92 Å². The van der Waals surface area contributed by atoms with Crippen LogP contribution in [-0.4, -0.2) is 59.0 Å². The Balaban J connectivity index is 1.41. The van der Waals surface area contributed by atoms with Crippen LogP contribution in [0.5, 0.6) is 0 Å². The van der Waals surface area contributed by atoms with E-state index in [2.05, 4.69) is 26.2 Å². The molecule has 0 spiro atoms. The van der Waals surface area contributed by atoms with Crippen molar-refractivity contribution in [1.29, 1.82) is 0 Å². The zero-order chi connectivity index (χ0) is 29.1. The summed E-state index contributed by atoms with van der Waals surface area (Å²) in [7, 11) is 0. The van der Waals surface area contributed by atoms with Gasteiger partial charge < -0.3 is 14.2 Å². The Kier molecular flexibility index (Phi) is 7.94. The van der Waals surface area contributed by atoms with Crippen LogP contribution in [0.3, 0.4) is 0 Å². The van der Waals surface area contributed by atoms with Crippen molar-refractivity contribution in [3.8, 4) is 0 Å². The molecule has 3 heterocycles. The average molecular weight is 567 g/mol. The Morgan fingerprint density at radius 1 is 1.05 bits per heavy atom. The molecule has 2 aliphatic rings. The van der Waals surface area contributed by atoms with Gasteiger partial charge in [0.2, 0.25) is 11.9 Å². The number of rotatable bonds is 8. The van der Waals surface area contributed by atoms with Gasteiger partial charge in [0.05, 0.1) is 11.1 Å². The second-order valence-corrected chi connectivity index (χ2v) is 9.57. The molecule has 41 heavy (non-hydrogen) atoms. The highest BCUT2D eigenvalue weighted by Gasteiger charge is 2.53. The fourth-order valence-electron chi connectivity index (χ4n) is 4.17. The van der Waals surface area contributed by atoms with E-state index in [1.807, 2.05) is 0 Å². The normalized spacial score (nSPS) is 21.2. The van der Waals surface area contributed by atoms with E-state index in [1.165, 1.54) is 17.1 Å². The number of ether oxygens (including phenoxy) is 3. The summed E-state index contributed by atoms with van der Waals surface area (Å²) in [6, 6.07) is 16.1. The van der Waals surface area contributed by atoms with Crippen LogP contribution in [-0.2, 0) is 19.0 Å². The summed E-state index contributed by atoms with van der Waals surface area (Å²) in [5.74, 6) is -2.49. The fraction of sp³-hybridized carbons (Fsp3) is 0.296. The van der Waals surface area contributed by atoms with Crippen molar-refractivity contribution in [2.75, 3.05) is 22.4 Å². The molecule has 2 aliphatic heterocycles. The first-order valence-corrected chi connectivity index (χ1v) is 12.8. The first-order chi connectivity index (χ1) is 19.7. The number of anilines is 3. The van der Waals surface area contributed by atoms with E-state index in [0.717, 1.165) is 0 Å². The average Bonchev–Trinajstić information content (AvgIpc) is 3.53. The standard InChI is InChI=1S/C27H27FN6O7/c1-14(2)22(35)30-27-29-21-19(23(36)31-27)32-33-34(21)24-20(41-26(38)16-11-7-4-8-12-16)18(28)17(40-24)13-39-25(37)15-9-5-3-6-10-15/h3-12,14,17-18,20,24,32-33H,13H2,1-2H3,(H2,29,30,31,35,36)/t17-,18-,20-,24-/m1/s1. The van der Waals surface area contributed by atoms with Gasteiger partial charge in [-0.15, -0.1) is 5.53 Å². The summed E-state index contributed by atoms with van der Waals surface area (Å²) in [5, 5.41) is 3.68. The number of amides is 1. The minimum atomic E-state index is -1.94. The molecule has 0 bridgehead atoms. The maximum Gasteiger partial charge on any atom is 0.338 e. The third kappa shape index (κ3) is 5.88. The van der Waals surface area contributed by atoms with Crippen molar-refractivity contribution in [3.05, 3.63) is 82.1 Å². The molecule has 1 fully saturated rings. The lowest BCUT2D eigenvalue weighted by molar-refractivity contribution is -0.118. The summed E-state index contributed by atoms with van der Waals surface area (Å²) in [6.45, 7) is 2.85. The molecular formula is C27H27FN6O7. The van der Waals surface area contributed by atoms with Gasteiger partial charge >= 0.3 is 11.9 Å². The third-order valence-electron chi connectivity index (χ3n) is 6.36.